The first-order valence-electron chi connectivity index (χ1n) is 9.13. The van der Waals surface area contributed by atoms with Gasteiger partial charge in [0, 0.05) is 18.3 Å². The van der Waals surface area contributed by atoms with E-state index < -0.39 is 6.04 Å². The van der Waals surface area contributed by atoms with Crippen molar-refractivity contribution in [2.75, 3.05) is 11.9 Å². The Morgan fingerprint density at radius 3 is 2.64 bits per heavy atom. The summed E-state index contributed by atoms with van der Waals surface area (Å²) in [7, 11) is 0. The van der Waals surface area contributed by atoms with Crippen LogP contribution in [0.5, 0.6) is 0 Å². The van der Waals surface area contributed by atoms with Gasteiger partial charge >= 0.3 is 6.03 Å². The van der Waals surface area contributed by atoms with Crippen LogP contribution in [0.3, 0.4) is 0 Å². The molecule has 1 saturated carbocycles. The standard InChI is InChI=1S/C19H27N3O3/c1-14(17(23)21-15-7-3-2-4-8-15)20-18(24)22-16-9-12-25-19(13-16)10-5-6-11-19/h2-4,7-8,14,16H,5-6,9-13H2,1H3,(H,21,23)(H2,20,22,24)/t14-,16+/m1/s1. The number of anilines is 1. The average Bonchev–Trinajstić information content (AvgIpc) is 3.03. The minimum absolute atomic E-state index is 0.0352. The fourth-order valence-electron chi connectivity index (χ4n) is 3.78. The van der Waals surface area contributed by atoms with Crippen LogP contribution in [0.15, 0.2) is 30.3 Å². The van der Waals surface area contributed by atoms with Gasteiger partial charge < -0.3 is 20.7 Å². The van der Waals surface area contributed by atoms with Gasteiger partial charge in [-0.1, -0.05) is 31.0 Å². The van der Waals surface area contributed by atoms with Crippen LogP contribution in [0, 0.1) is 0 Å². The molecule has 1 aliphatic carbocycles. The van der Waals surface area contributed by atoms with Crippen molar-refractivity contribution < 1.29 is 14.3 Å². The van der Waals surface area contributed by atoms with Crippen LogP contribution in [0.1, 0.15) is 45.4 Å². The lowest BCUT2D eigenvalue weighted by atomic mass is 9.89. The second-order valence-corrected chi connectivity index (χ2v) is 7.12. The minimum atomic E-state index is -0.611. The molecule has 1 aromatic carbocycles. The van der Waals surface area contributed by atoms with Crippen molar-refractivity contribution in [2.45, 2.75) is 63.1 Å². The van der Waals surface area contributed by atoms with E-state index in [0.29, 0.717) is 12.3 Å². The lowest BCUT2D eigenvalue weighted by Gasteiger charge is -2.38. The number of rotatable bonds is 4. The van der Waals surface area contributed by atoms with Gasteiger partial charge in [0.05, 0.1) is 5.60 Å². The first-order valence-corrected chi connectivity index (χ1v) is 9.13. The van der Waals surface area contributed by atoms with E-state index >= 15 is 0 Å². The first kappa shape index (κ1) is 17.7. The molecule has 3 N–H and O–H groups in total. The van der Waals surface area contributed by atoms with Crippen LogP contribution < -0.4 is 16.0 Å². The Morgan fingerprint density at radius 2 is 1.92 bits per heavy atom. The summed E-state index contributed by atoms with van der Waals surface area (Å²) in [6.07, 6.45) is 6.27. The molecule has 1 heterocycles. The molecule has 2 atom stereocenters. The lowest BCUT2D eigenvalue weighted by molar-refractivity contribution is -0.117. The number of carbonyl (C=O) groups is 2. The van der Waals surface area contributed by atoms with Crippen molar-refractivity contribution in [3.8, 4) is 0 Å². The maximum absolute atomic E-state index is 12.2. The average molecular weight is 345 g/mol. The normalized spacial score (nSPS) is 23.0. The highest BCUT2D eigenvalue weighted by Crippen LogP contribution is 2.39. The molecular weight excluding hydrogens is 318 g/mol. The van der Waals surface area contributed by atoms with E-state index in [9.17, 15) is 9.59 Å². The molecule has 6 nitrogen and oxygen atoms in total. The molecule has 0 unspecified atom stereocenters. The molecule has 1 aliphatic heterocycles. The summed E-state index contributed by atoms with van der Waals surface area (Å²) in [4.78, 5) is 24.4. The first-order chi connectivity index (χ1) is 12.1. The summed E-state index contributed by atoms with van der Waals surface area (Å²) in [5.41, 5.74) is 0.682. The summed E-state index contributed by atoms with van der Waals surface area (Å²) in [5, 5.41) is 8.52. The summed E-state index contributed by atoms with van der Waals surface area (Å²) >= 11 is 0. The molecule has 3 amide bonds. The molecule has 25 heavy (non-hydrogen) atoms. The summed E-state index contributed by atoms with van der Waals surface area (Å²) < 4.78 is 5.99. The fourth-order valence-corrected chi connectivity index (χ4v) is 3.78. The number of urea groups is 1. The molecule has 0 aromatic heterocycles. The van der Waals surface area contributed by atoms with Crippen LogP contribution >= 0.6 is 0 Å². The zero-order chi connectivity index (χ0) is 17.7. The molecule has 2 aliphatic rings. The van der Waals surface area contributed by atoms with Crippen LogP contribution in [-0.4, -0.2) is 36.2 Å². The number of amides is 3. The van der Waals surface area contributed by atoms with Crippen molar-refractivity contribution in [3.05, 3.63) is 30.3 Å². The summed E-state index contributed by atoms with van der Waals surface area (Å²) in [5.74, 6) is -0.236. The van der Waals surface area contributed by atoms with Crippen molar-refractivity contribution in [2.24, 2.45) is 0 Å². The Hall–Kier alpha value is -2.08. The fraction of sp³-hybridized carbons (Fsp3) is 0.579. The number of para-hydroxylation sites is 1. The molecular formula is C19H27N3O3. The van der Waals surface area contributed by atoms with E-state index in [1.54, 1.807) is 6.92 Å². The Morgan fingerprint density at radius 1 is 1.20 bits per heavy atom. The molecule has 1 aromatic rings. The number of benzene rings is 1. The number of hydrogen-bond donors (Lipinski definition) is 3. The van der Waals surface area contributed by atoms with Crippen molar-refractivity contribution in [1.82, 2.24) is 10.6 Å². The highest BCUT2D eigenvalue weighted by molar-refractivity contribution is 5.96. The largest absolute Gasteiger partial charge is 0.375 e. The SMILES string of the molecule is C[C@@H](NC(=O)N[C@H]1CCOC2(CCCC2)C1)C(=O)Nc1ccccc1. The smallest absolute Gasteiger partial charge is 0.315 e. The zero-order valence-corrected chi connectivity index (χ0v) is 14.7. The van der Waals surface area contributed by atoms with Gasteiger partial charge in [0.25, 0.3) is 0 Å². The van der Waals surface area contributed by atoms with E-state index in [1.165, 1.54) is 12.8 Å². The lowest BCUT2D eigenvalue weighted by Crippen LogP contribution is -2.53. The van der Waals surface area contributed by atoms with Crippen LogP contribution in [0.25, 0.3) is 0 Å². The van der Waals surface area contributed by atoms with Gasteiger partial charge in [-0.15, -0.1) is 0 Å². The van der Waals surface area contributed by atoms with E-state index in [0.717, 1.165) is 25.7 Å². The summed E-state index contributed by atoms with van der Waals surface area (Å²) in [6, 6.07) is 8.42. The van der Waals surface area contributed by atoms with Gasteiger partial charge in [0.1, 0.15) is 6.04 Å². The number of hydrogen-bond acceptors (Lipinski definition) is 3. The van der Waals surface area contributed by atoms with Gasteiger partial charge in [0.15, 0.2) is 0 Å². The van der Waals surface area contributed by atoms with Gasteiger partial charge in [-0.25, -0.2) is 4.79 Å². The Kier molecular flexibility index (Phi) is 5.58. The second-order valence-electron chi connectivity index (χ2n) is 7.12. The predicted molar refractivity (Wildman–Crippen MR) is 96.4 cm³/mol. The third kappa shape index (κ3) is 4.72. The van der Waals surface area contributed by atoms with Crippen LogP contribution in [0.4, 0.5) is 10.5 Å². The Labute approximate surface area is 148 Å². The topological polar surface area (TPSA) is 79.5 Å². The van der Waals surface area contributed by atoms with Gasteiger partial charge in [0.2, 0.25) is 5.91 Å². The highest BCUT2D eigenvalue weighted by atomic mass is 16.5. The summed E-state index contributed by atoms with van der Waals surface area (Å²) in [6.45, 7) is 2.37. The molecule has 136 valence electrons. The van der Waals surface area contributed by atoms with Crippen LogP contribution in [0.2, 0.25) is 0 Å². The molecule has 6 heteroatoms. The van der Waals surface area contributed by atoms with Crippen molar-refractivity contribution in [3.63, 3.8) is 0 Å². The third-order valence-corrected chi connectivity index (χ3v) is 5.13. The number of nitrogens with one attached hydrogen (secondary N) is 3. The highest BCUT2D eigenvalue weighted by Gasteiger charge is 2.40. The Bertz CT molecular complexity index is 599. The molecule has 3 rings (SSSR count). The minimum Gasteiger partial charge on any atom is -0.375 e. The predicted octanol–water partition coefficient (Wildman–Crippen LogP) is 2.80. The van der Waals surface area contributed by atoms with Gasteiger partial charge in [-0.2, -0.15) is 0 Å². The molecule has 2 fully saturated rings. The number of carbonyl (C=O) groups excluding carboxylic acids is 2. The molecule has 0 bridgehead atoms. The van der Waals surface area contributed by atoms with E-state index in [2.05, 4.69) is 16.0 Å². The maximum atomic E-state index is 12.2. The zero-order valence-electron chi connectivity index (χ0n) is 14.7. The molecule has 1 spiro atoms. The van der Waals surface area contributed by atoms with Crippen molar-refractivity contribution >= 4 is 17.6 Å². The second kappa shape index (κ2) is 7.87. The van der Waals surface area contributed by atoms with Gasteiger partial charge in [-0.3, -0.25) is 4.79 Å². The Balaban J connectivity index is 1.46. The quantitative estimate of drug-likeness (QED) is 0.785. The van der Waals surface area contributed by atoms with E-state index in [1.807, 2.05) is 30.3 Å². The number of ether oxygens (including phenoxy) is 1. The van der Waals surface area contributed by atoms with E-state index in [4.69, 9.17) is 4.74 Å². The van der Waals surface area contributed by atoms with Crippen LogP contribution in [-0.2, 0) is 9.53 Å². The van der Waals surface area contributed by atoms with Gasteiger partial charge in [-0.05, 0) is 44.7 Å². The molecule has 0 radical (unpaired) electrons. The molecule has 1 saturated heterocycles. The maximum Gasteiger partial charge on any atom is 0.315 e. The van der Waals surface area contributed by atoms with E-state index in [-0.39, 0.29) is 23.6 Å². The van der Waals surface area contributed by atoms with Crippen molar-refractivity contribution in [1.29, 1.82) is 0 Å². The monoisotopic (exact) mass is 345 g/mol. The third-order valence-electron chi connectivity index (χ3n) is 5.13.